The minimum atomic E-state index is 0.728. The second-order valence-corrected chi connectivity index (χ2v) is 6.06. The Morgan fingerprint density at radius 3 is 2.47 bits per heavy atom. The van der Waals surface area contributed by atoms with Crippen molar-refractivity contribution in [2.24, 2.45) is 7.05 Å². The third-order valence-electron chi connectivity index (χ3n) is 4.71. The number of nitrogens with zero attached hydrogens (tertiary/aromatic N) is 1. The van der Waals surface area contributed by atoms with Crippen molar-refractivity contribution in [3.63, 3.8) is 0 Å². The SMILES string of the molecule is Cc1cc(C)c2c(c1)c(C1CCNCC1)c(C)n2C. The van der Waals surface area contributed by atoms with Crippen LogP contribution in [0.25, 0.3) is 10.9 Å². The van der Waals surface area contributed by atoms with Gasteiger partial charge in [0.15, 0.2) is 0 Å². The van der Waals surface area contributed by atoms with Crippen LogP contribution in [0.15, 0.2) is 12.1 Å². The van der Waals surface area contributed by atoms with Gasteiger partial charge in [-0.1, -0.05) is 11.6 Å². The first kappa shape index (κ1) is 12.7. The predicted octanol–water partition coefficient (Wildman–Crippen LogP) is 3.57. The van der Waals surface area contributed by atoms with E-state index in [1.165, 1.54) is 40.6 Å². The molecule has 2 heteroatoms. The van der Waals surface area contributed by atoms with Crippen molar-refractivity contribution in [2.45, 2.75) is 39.5 Å². The molecule has 0 unspecified atom stereocenters. The molecule has 2 nitrogen and oxygen atoms in total. The number of fused-ring (bicyclic) bond motifs is 1. The molecule has 1 aromatic carbocycles. The summed E-state index contributed by atoms with van der Waals surface area (Å²) in [6.07, 6.45) is 2.54. The molecule has 1 aliphatic rings. The number of hydrogen-bond donors (Lipinski definition) is 1. The fourth-order valence-corrected chi connectivity index (χ4v) is 3.78. The van der Waals surface area contributed by atoms with Crippen LogP contribution in [0.3, 0.4) is 0 Å². The highest BCUT2D eigenvalue weighted by atomic mass is 15.0. The van der Waals surface area contributed by atoms with Crippen LogP contribution < -0.4 is 5.32 Å². The van der Waals surface area contributed by atoms with Crippen LogP contribution in [0, 0.1) is 20.8 Å². The molecule has 0 amide bonds. The molecule has 1 fully saturated rings. The van der Waals surface area contributed by atoms with Crippen LogP contribution in [-0.4, -0.2) is 17.7 Å². The van der Waals surface area contributed by atoms with Gasteiger partial charge in [-0.25, -0.2) is 0 Å². The molecule has 0 bridgehead atoms. The molecule has 1 aliphatic heterocycles. The average Bonchev–Trinajstić information content (AvgIpc) is 2.63. The molecule has 0 spiro atoms. The van der Waals surface area contributed by atoms with Gasteiger partial charge in [0.1, 0.15) is 0 Å². The third-order valence-corrected chi connectivity index (χ3v) is 4.71. The molecule has 0 radical (unpaired) electrons. The van der Waals surface area contributed by atoms with Gasteiger partial charge >= 0.3 is 0 Å². The van der Waals surface area contributed by atoms with Crippen LogP contribution >= 0.6 is 0 Å². The van der Waals surface area contributed by atoms with Crippen molar-refractivity contribution >= 4 is 10.9 Å². The molecule has 2 aromatic rings. The fraction of sp³-hybridized carbons (Fsp3) is 0.529. The second kappa shape index (κ2) is 4.68. The zero-order valence-electron chi connectivity index (χ0n) is 12.5. The van der Waals surface area contributed by atoms with Gasteiger partial charge < -0.3 is 9.88 Å². The molecule has 0 saturated carbocycles. The van der Waals surface area contributed by atoms with Crippen LogP contribution in [0.1, 0.15) is 41.1 Å². The van der Waals surface area contributed by atoms with Gasteiger partial charge in [-0.15, -0.1) is 0 Å². The van der Waals surface area contributed by atoms with E-state index in [0.29, 0.717) is 0 Å². The number of aryl methyl sites for hydroxylation is 3. The van der Waals surface area contributed by atoms with Gasteiger partial charge in [0.2, 0.25) is 0 Å². The first-order valence-electron chi connectivity index (χ1n) is 7.36. The summed E-state index contributed by atoms with van der Waals surface area (Å²) in [6, 6.07) is 4.68. The summed E-state index contributed by atoms with van der Waals surface area (Å²) in [6.45, 7) is 9.05. The van der Waals surface area contributed by atoms with E-state index in [2.05, 4.69) is 49.8 Å². The van der Waals surface area contributed by atoms with Gasteiger partial charge in [-0.3, -0.25) is 0 Å². The fourth-order valence-electron chi connectivity index (χ4n) is 3.78. The van der Waals surface area contributed by atoms with E-state index in [9.17, 15) is 0 Å². The Morgan fingerprint density at radius 2 is 1.79 bits per heavy atom. The molecule has 2 heterocycles. The minimum absolute atomic E-state index is 0.728. The average molecular weight is 256 g/mol. The Labute approximate surface area is 115 Å². The Hall–Kier alpha value is -1.28. The van der Waals surface area contributed by atoms with Gasteiger partial charge in [-0.05, 0) is 69.8 Å². The summed E-state index contributed by atoms with van der Waals surface area (Å²) >= 11 is 0. The van der Waals surface area contributed by atoms with E-state index in [-0.39, 0.29) is 0 Å². The van der Waals surface area contributed by atoms with E-state index in [1.54, 1.807) is 5.56 Å². The summed E-state index contributed by atoms with van der Waals surface area (Å²) in [4.78, 5) is 0. The smallest absolute Gasteiger partial charge is 0.0512 e. The molecule has 1 N–H and O–H groups in total. The van der Waals surface area contributed by atoms with Crippen molar-refractivity contribution in [3.05, 3.63) is 34.5 Å². The Kier molecular flexibility index (Phi) is 3.14. The molecule has 1 saturated heterocycles. The Bertz CT molecular complexity index is 616. The Morgan fingerprint density at radius 1 is 1.11 bits per heavy atom. The van der Waals surface area contributed by atoms with E-state index < -0.39 is 0 Å². The number of hydrogen-bond acceptors (Lipinski definition) is 1. The van der Waals surface area contributed by atoms with Gasteiger partial charge in [0.05, 0.1) is 5.52 Å². The van der Waals surface area contributed by atoms with Gasteiger partial charge in [0, 0.05) is 18.1 Å². The van der Waals surface area contributed by atoms with Crippen molar-refractivity contribution in [3.8, 4) is 0 Å². The van der Waals surface area contributed by atoms with Crippen molar-refractivity contribution in [1.29, 1.82) is 0 Å². The van der Waals surface area contributed by atoms with Crippen molar-refractivity contribution in [2.75, 3.05) is 13.1 Å². The lowest BCUT2D eigenvalue weighted by atomic mass is 9.87. The maximum atomic E-state index is 3.47. The topological polar surface area (TPSA) is 17.0 Å². The largest absolute Gasteiger partial charge is 0.347 e. The third kappa shape index (κ3) is 1.99. The van der Waals surface area contributed by atoms with Crippen molar-refractivity contribution < 1.29 is 0 Å². The standard InChI is InChI=1S/C17H24N2/c1-11-9-12(2)17-15(10-11)16(13(3)19(17)4)14-5-7-18-8-6-14/h9-10,14,18H,5-8H2,1-4H3. The zero-order chi connectivity index (χ0) is 13.6. The summed E-state index contributed by atoms with van der Waals surface area (Å²) in [5, 5.41) is 4.96. The van der Waals surface area contributed by atoms with Crippen molar-refractivity contribution in [1.82, 2.24) is 9.88 Å². The van der Waals surface area contributed by atoms with Gasteiger partial charge in [-0.2, -0.15) is 0 Å². The molecular formula is C17H24N2. The molecule has 0 atom stereocenters. The summed E-state index contributed by atoms with van der Waals surface area (Å²) in [5.74, 6) is 0.728. The first-order chi connectivity index (χ1) is 9.09. The maximum Gasteiger partial charge on any atom is 0.0512 e. The lowest BCUT2D eigenvalue weighted by Crippen LogP contribution is -2.26. The molecule has 19 heavy (non-hydrogen) atoms. The van der Waals surface area contributed by atoms with E-state index in [4.69, 9.17) is 0 Å². The van der Waals surface area contributed by atoms with Crippen LogP contribution in [0.5, 0.6) is 0 Å². The highest BCUT2D eigenvalue weighted by molar-refractivity contribution is 5.89. The Balaban J connectivity index is 2.25. The number of rotatable bonds is 1. The molecular weight excluding hydrogens is 232 g/mol. The highest BCUT2D eigenvalue weighted by Gasteiger charge is 2.23. The zero-order valence-corrected chi connectivity index (χ0v) is 12.5. The van der Waals surface area contributed by atoms with Crippen LogP contribution in [0.4, 0.5) is 0 Å². The van der Waals surface area contributed by atoms with Crippen LogP contribution in [-0.2, 0) is 7.05 Å². The second-order valence-electron chi connectivity index (χ2n) is 6.06. The highest BCUT2D eigenvalue weighted by Crippen LogP contribution is 2.37. The minimum Gasteiger partial charge on any atom is -0.347 e. The quantitative estimate of drug-likeness (QED) is 0.825. The number of aromatic nitrogens is 1. The van der Waals surface area contributed by atoms with E-state index in [0.717, 1.165) is 19.0 Å². The summed E-state index contributed by atoms with van der Waals surface area (Å²) < 4.78 is 2.39. The lowest BCUT2D eigenvalue weighted by Gasteiger charge is -2.23. The number of piperidine rings is 1. The van der Waals surface area contributed by atoms with Crippen LogP contribution in [0.2, 0.25) is 0 Å². The molecule has 0 aliphatic carbocycles. The summed E-state index contributed by atoms with van der Waals surface area (Å²) in [5.41, 5.74) is 7.27. The predicted molar refractivity (Wildman–Crippen MR) is 82.0 cm³/mol. The van der Waals surface area contributed by atoms with E-state index in [1.807, 2.05) is 0 Å². The maximum absolute atomic E-state index is 3.47. The monoisotopic (exact) mass is 256 g/mol. The number of nitrogens with one attached hydrogen (secondary N) is 1. The molecule has 3 rings (SSSR count). The molecule has 102 valence electrons. The number of benzene rings is 1. The van der Waals surface area contributed by atoms with E-state index >= 15 is 0 Å². The van der Waals surface area contributed by atoms with Gasteiger partial charge in [0.25, 0.3) is 0 Å². The lowest BCUT2D eigenvalue weighted by molar-refractivity contribution is 0.460. The summed E-state index contributed by atoms with van der Waals surface area (Å²) in [7, 11) is 2.21. The normalized spacial score (nSPS) is 17.3. The first-order valence-corrected chi connectivity index (χ1v) is 7.36. The molecule has 1 aromatic heterocycles.